The average Bonchev–Trinajstić information content (AvgIpc) is 2.95. The Morgan fingerprint density at radius 3 is 1.71 bits per heavy atom. The highest BCUT2D eigenvalue weighted by Crippen LogP contribution is 2.45. The lowest BCUT2D eigenvalue weighted by atomic mass is 9.90. The van der Waals surface area contributed by atoms with Crippen LogP contribution in [0.5, 0.6) is 5.75 Å². The van der Waals surface area contributed by atoms with Crippen molar-refractivity contribution in [3.63, 3.8) is 0 Å². The predicted molar refractivity (Wildman–Crippen MR) is 181 cm³/mol. The van der Waals surface area contributed by atoms with Gasteiger partial charge in [0.1, 0.15) is 18.1 Å². The van der Waals surface area contributed by atoms with Crippen molar-refractivity contribution in [3.05, 3.63) is 120 Å². The molecule has 1 aliphatic rings. The third-order valence-electron chi connectivity index (χ3n) is 8.87. The Morgan fingerprint density at radius 2 is 1.19 bits per heavy atom. The zero-order chi connectivity index (χ0) is 29.9. The fourth-order valence-electron chi connectivity index (χ4n) is 5.58. The first-order chi connectivity index (χ1) is 20.0. The smallest absolute Gasteiger partial charge is 0.250 e. The second-order valence-corrected chi connectivity index (χ2v) is 22.6. The molecule has 0 aromatic heterocycles. The maximum atomic E-state index is 15.9. The van der Waals surface area contributed by atoms with Crippen molar-refractivity contribution in [3.8, 4) is 5.75 Å². The lowest BCUT2D eigenvalue weighted by Crippen LogP contribution is -2.44. The quantitative estimate of drug-likeness (QED) is 0.142. The third kappa shape index (κ3) is 6.96. The molecule has 4 aromatic rings. The Hall–Kier alpha value is -2.60. The second kappa shape index (κ2) is 13.0. The highest BCUT2D eigenvalue weighted by Gasteiger charge is 2.43. The van der Waals surface area contributed by atoms with Gasteiger partial charge in [0, 0.05) is 11.5 Å². The molecular weight excluding hydrogens is 574 g/mol. The van der Waals surface area contributed by atoms with Gasteiger partial charge in [-0.15, -0.1) is 0 Å². The molecular formula is C36H42F2OPSi2. The fraction of sp³-hybridized carbons (Fsp3) is 0.333. The Kier molecular flexibility index (Phi) is 9.51. The number of alkyl halides is 2. The molecule has 2 atom stereocenters. The lowest BCUT2D eigenvalue weighted by Gasteiger charge is -2.39. The SMILES string of the molecule is CC(C)(C)[Si](C)(C)Oc1ccccc1C1C(F)C[Si](Cc2ccc(P(c3ccccc3)c3ccccc3)cc2)CC1F. The number of rotatable bonds is 8. The van der Waals surface area contributed by atoms with Gasteiger partial charge in [0.25, 0.3) is 0 Å². The van der Waals surface area contributed by atoms with Crippen LogP contribution in [0.1, 0.15) is 37.8 Å². The van der Waals surface area contributed by atoms with Crippen molar-refractivity contribution < 1.29 is 13.2 Å². The van der Waals surface area contributed by atoms with E-state index in [0.29, 0.717) is 23.4 Å². The zero-order valence-corrected chi connectivity index (χ0v) is 28.3. The maximum Gasteiger partial charge on any atom is 0.250 e. The fourth-order valence-corrected chi connectivity index (χ4v) is 11.8. The summed E-state index contributed by atoms with van der Waals surface area (Å²) in [5.74, 6) is -0.0959. The van der Waals surface area contributed by atoms with Crippen molar-refractivity contribution in [2.24, 2.45) is 0 Å². The van der Waals surface area contributed by atoms with E-state index in [-0.39, 0.29) is 5.04 Å². The molecule has 6 heteroatoms. The highest BCUT2D eigenvalue weighted by molar-refractivity contribution is 7.79. The summed E-state index contributed by atoms with van der Waals surface area (Å²) in [6.45, 7) is 10.9. The van der Waals surface area contributed by atoms with Gasteiger partial charge in [0.05, 0.1) is 8.80 Å². The molecule has 42 heavy (non-hydrogen) atoms. The van der Waals surface area contributed by atoms with Gasteiger partial charge < -0.3 is 4.43 Å². The number of benzene rings is 4. The molecule has 4 aromatic carbocycles. The number of hydrogen-bond acceptors (Lipinski definition) is 1. The van der Waals surface area contributed by atoms with E-state index in [1.165, 1.54) is 21.5 Å². The standard InChI is InChI=1S/C36H42F2OPSi2/c1-36(2,3)42(4,5)39-34-19-13-12-18-31(34)35-32(37)25-41(26-33(35)38)24-27-20-22-30(23-21-27)40(28-14-8-6-9-15-28)29-16-10-7-11-17-29/h6-23,32-33,35H,24-26H2,1-5H3. The molecule has 0 bridgehead atoms. The summed E-state index contributed by atoms with van der Waals surface area (Å²) in [4.78, 5) is 0. The van der Waals surface area contributed by atoms with Crippen LogP contribution in [0.4, 0.5) is 8.78 Å². The molecule has 1 fully saturated rings. The zero-order valence-electron chi connectivity index (χ0n) is 25.4. The van der Waals surface area contributed by atoms with Gasteiger partial charge in [-0.2, -0.15) is 0 Å². The molecule has 0 saturated carbocycles. The summed E-state index contributed by atoms with van der Waals surface area (Å²) in [7, 11) is -4.03. The van der Waals surface area contributed by atoms with Crippen LogP contribution >= 0.6 is 7.92 Å². The maximum absolute atomic E-state index is 15.9. The monoisotopic (exact) mass is 615 g/mol. The highest BCUT2D eigenvalue weighted by atomic mass is 31.1. The molecule has 1 saturated heterocycles. The van der Waals surface area contributed by atoms with Gasteiger partial charge >= 0.3 is 0 Å². The van der Waals surface area contributed by atoms with Crippen molar-refractivity contribution in [1.29, 1.82) is 0 Å². The average molecular weight is 616 g/mol. The Labute approximate surface area is 254 Å². The first-order valence-corrected chi connectivity index (χ1v) is 21.3. The van der Waals surface area contributed by atoms with E-state index < -0.39 is 43.3 Å². The van der Waals surface area contributed by atoms with Gasteiger partial charge in [0.15, 0.2) is 0 Å². The molecule has 1 aliphatic heterocycles. The van der Waals surface area contributed by atoms with Crippen molar-refractivity contribution in [2.45, 2.75) is 75.3 Å². The van der Waals surface area contributed by atoms with Gasteiger partial charge in [-0.1, -0.05) is 129 Å². The summed E-state index contributed by atoms with van der Waals surface area (Å²) in [5, 5.41) is 3.92. The minimum Gasteiger partial charge on any atom is -0.543 e. The van der Waals surface area contributed by atoms with E-state index in [1.54, 1.807) is 0 Å². The molecule has 0 spiro atoms. The van der Waals surface area contributed by atoms with Gasteiger partial charge in [-0.25, -0.2) is 8.78 Å². The molecule has 219 valence electrons. The Bertz CT molecular complexity index is 1390. The van der Waals surface area contributed by atoms with Crippen molar-refractivity contribution in [2.75, 3.05) is 0 Å². The van der Waals surface area contributed by atoms with Crippen molar-refractivity contribution in [1.82, 2.24) is 0 Å². The van der Waals surface area contributed by atoms with Crippen LogP contribution in [0.15, 0.2) is 109 Å². The predicted octanol–water partition coefficient (Wildman–Crippen LogP) is 8.88. The second-order valence-electron chi connectivity index (χ2n) is 13.0. The summed E-state index contributed by atoms with van der Waals surface area (Å²) >= 11 is 0. The van der Waals surface area contributed by atoms with Crippen LogP contribution < -0.4 is 20.3 Å². The summed E-state index contributed by atoms with van der Waals surface area (Å²) in [6, 6.07) is 39.4. The number of halogens is 2. The summed E-state index contributed by atoms with van der Waals surface area (Å²) < 4.78 is 38.3. The molecule has 0 aliphatic carbocycles. The topological polar surface area (TPSA) is 9.23 Å². The Morgan fingerprint density at radius 1 is 0.714 bits per heavy atom. The van der Waals surface area contributed by atoms with Gasteiger partial charge in [-0.3, -0.25) is 0 Å². The lowest BCUT2D eigenvalue weighted by molar-refractivity contribution is 0.189. The first-order valence-electron chi connectivity index (χ1n) is 14.9. The molecule has 5 rings (SSSR count). The van der Waals surface area contributed by atoms with E-state index in [2.05, 4.69) is 119 Å². The normalized spacial score (nSPS) is 20.0. The molecule has 0 N–H and O–H groups in total. The molecule has 2 unspecified atom stereocenters. The molecule has 1 nitrogen and oxygen atoms in total. The van der Waals surface area contributed by atoms with Crippen molar-refractivity contribution >= 4 is 40.9 Å². The van der Waals surface area contributed by atoms with E-state index >= 15 is 8.78 Å². The largest absolute Gasteiger partial charge is 0.543 e. The number of para-hydroxylation sites is 1. The Balaban J connectivity index is 1.30. The van der Waals surface area contributed by atoms with Crippen LogP contribution in [0.25, 0.3) is 0 Å². The summed E-state index contributed by atoms with van der Waals surface area (Å²) in [6.07, 6.45) is -2.40. The molecule has 1 heterocycles. The minimum absolute atomic E-state index is 0.00595. The van der Waals surface area contributed by atoms with Crippen LogP contribution in [0.2, 0.25) is 30.2 Å². The molecule has 0 amide bonds. The third-order valence-corrected chi connectivity index (χ3v) is 18.5. The van der Waals surface area contributed by atoms with Gasteiger partial charge in [0.2, 0.25) is 8.32 Å². The van der Waals surface area contributed by atoms with E-state index in [0.717, 1.165) is 6.04 Å². The van der Waals surface area contributed by atoms with Crippen LogP contribution in [-0.4, -0.2) is 29.5 Å². The van der Waals surface area contributed by atoms with E-state index in [4.69, 9.17) is 4.43 Å². The molecule has 1 radical (unpaired) electrons. The number of hydrogen-bond donors (Lipinski definition) is 0. The van der Waals surface area contributed by atoms with E-state index in [9.17, 15) is 0 Å². The van der Waals surface area contributed by atoms with Crippen LogP contribution in [0.3, 0.4) is 0 Å². The summed E-state index contributed by atoms with van der Waals surface area (Å²) in [5.41, 5.74) is 1.88. The van der Waals surface area contributed by atoms with Crippen LogP contribution in [-0.2, 0) is 6.04 Å². The van der Waals surface area contributed by atoms with Crippen LogP contribution in [0, 0.1) is 0 Å². The van der Waals surface area contributed by atoms with Gasteiger partial charge in [-0.05, 0) is 66.2 Å². The van der Waals surface area contributed by atoms with E-state index in [1.807, 2.05) is 24.3 Å². The minimum atomic E-state index is -2.14. The first kappa shape index (κ1) is 30.8.